The Morgan fingerprint density at radius 2 is 1.96 bits per heavy atom. The molecule has 0 fully saturated rings. The van der Waals surface area contributed by atoms with E-state index in [9.17, 15) is 18.0 Å². The molecule has 1 N–H and O–H groups in total. The van der Waals surface area contributed by atoms with Gasteiger partial charge in [0, 0.05) is 28.1 Å². The number of hydrogen-bond donors (Lipinski definition) is 1. The van der Waals surface area contributed by atoms with Gasteiger partial charge in [-0.1, -0.05) is 6.07 Å². The number of alkyl halides is 3. The molecule has 1 aromatic carbocycles. The first-order valence-corrected chi connectivity index (χ1v) is 7.67. The SMILES string of the molecule is Cc1cc(-c2cn3cc(Br)ccc3n2)ccc1NC(=O)C(F)(F)F. The van der Waals surface area contributed by atoms with Crippen LogP contribution in [0, 0.1) is 6.92 Å². The number of anilines is 1. The second-order valence-corrected chi connectivity index (χ2v) is 6.14. The normalized spacial score (nSPS) is 11.7. The van der Waals surface area contributed by atoms with E-state index in [0.29, 0.717) is 11.3 Å². The Labute approximate surface area is 143 Å². The summed E-state index contributed by atoms with van der Waals surface area (Å²) in [6, 6.07) is 8.46. The fourth-order valence-corrected chi connectivity index (χ4v) is 2.61. The molecule has 2 heterocycles. The molecular weight excluding hydrogens is 387 g/mol. The zero-order valence-corrected chi connectivity index (χ0v) is 13.9. The summed E-state index contributed by atoms with van der Waals surface area (Å²) in [4.78, 5) is 15.5. The minimum Gasteiger partial charge on any atom is -0.318 e. The Balaban J connectivity index is 1.92. The Morgan fingerprint density at radius 3 is 2.62 bits per heavy atom. The van der Waals surface area contributed by atoms with Crippen molar-refractivity contribution in [3.05, 3.63) is 52.8 Å². The molecule has 0 saturated carbocycles. The second-order valence-electron chi connectivity index (χ2n) is 5.22. The smallest absolute Gasteiger partial charge is 0.318 e. The lowest BCUT2D eigenvalue weighted by Crippen LogP contribution is -2.30. The molecule has 0 spiro atoms. The van der Waals surface area contributed by atoms with Gasteiger partial charge in [0.15, 0.2) is 0 Å². The number of nitrogens with zero attached hydrogens (tertiary/aromatic N) is 2. The molecule has 124 valence electrons. The van der Waals surface area contributed by atoms with Crippen LogP contribution in [0.15, 0.2) is 47.2 Å². The molecule has 0 bridgehead atoms. The van der Waals surface area contributed by atoms with Crippen LogP contribution in [0.25, 0.3) is 16.9 Å². The molecule has 0 saturated heterocycles. The van der Waals surface area contributed by atoms with E-state index in [1.165, 1.54) is 6.07 Å². The summed E-state index contributed by atoms with van der Waals surface area (Å²) in [6.45, 7) is 1.63. The van der Waals surface area contributed by atoms with Crippen LogP contribution in [0.2, 0.25) is 0 Å². The van der Waals surface area contributed by atoms with Gasteiger partial charge in [0.2, 0.25) is 0 Å². The molecule has 0 radical (unpaired) electrons. The lowest BCUT2D eigenvalue weighted by Gasteiger charge is -2.11. The summed E-state index contributed by atoms with van der Waals surface area (Å²) in [5.74, 6) is -1.99. The Morgan fingerprint density at radius 1 is 1.21 bits per heavy atom. The molecule has 0 aliphatic rings. The first-order chi connectivity index (χ1) is 11.2. The highest BCUT2D eigenvalue weighted by molar-refractivity contribution is 9.10. The van der Waals surface area contributed by atoms with Gasteiger partial charge in [-0.25, -0.2) is 4.98 Å². The van der Waals surface area contributed by atoms with Crippen LogP contribution in [0.3, 0.4) is 0 Å². The van der Waals surface area contributed by atoms with Crippen LogP contribution in [0.5, 0.6) is 0 Å². The number of aryl methyl sites for hydroxylation is 1. The maximum absolute atomic E-state index is 12.3. The van der Waals surface area contributed by atoms with Crippen LogP contribution in [-0.4, -0.2) is 21.5 Å². The number of amides is 1. The molecule has 0 unspecified atom stereocenters. The van der Waals surface area contributed by atoms with Crippen molar-refractivity contribution in [3.8, 4) is 11.3 Å². The summed E-state index contributed by atoms with van der Waals surface area (Å²) >= 11 is 3.38. The van der Waals surface area contributed by atoms with Crippen molar-refractivity contribution in [2.24, 2.45) is 0 Å². The van der Waals surface area contributed by atoms with Crippen LogP contribution in [0.1, 0.15) is 5.56 Å². The van der Waals surface area contributed by atoms with Gasteiger partial charge in [-0.05, 0) is 52.7 Å². The average molecular weight is 398 g/mol. The molecule has 3 aromatic rings. The molecule has 0 atom stereocenters. The van der Waals surface area contributed by atoms with Crippen molar-refractivity contribution in [2.45, 2.75) is 13.1 Å². The lowest BCUT2D eigenvalue weighted by molar-refractivity contribution is -0.167. The maximum atomic E-state index is 12.3. The molecule has 1 amide bonds. The van der Waals surface area contributed by atoms with E-state index in [1.54, 1.807) is 19.1 Å². The zero-order chi connectivity index (χ0) is 17.5. The highest BCUT2D eigenvalue weighted by Crippen LogP contribution is 2.26. The maximum Gasteiger partial charge on any atom is 0.471 e. The number of carbonyl (C=O) groups excluding carboxylic acids is 1. The molecule has 24 heavy (non-hydrogen) atoms. The Hall–Kier alpha value is -2.35. The van der Waals surface area contributed by atoms with Crippen LogP contribution in [-0.2, 0) is 4.79 Å². The fraction of sp³-hybridized carbons (Fsp3) is 0.125. The van der Waals surface area contributed by atoms with Crippen molar-refractivity contribution in [1.82, 2.24) is 9.38 Å². The number of fused-ring (bicyclic) bond motifs is 1. The van der Waals surface area contributed by atoms with Gasteiger partial charge in [-0.2, -0.15) is 13.2 Å². The fourth-order valence-electron chi connectivity index (χ4n) is 2.26. The summed E-state index contributed by atoms with van der Waals surface area (Å²) < 4.78 is 39.7. The Bertz CT molecular complexity index is 934. The minimum absolute atomic E-state index is 0.118. The minimum atomic E-state index is -4.92. The van der Waals surface area contributed by atoms with Crippen molar-refractivity contribution < 1.29 is 18.0 Å². The van der Waals surface area contributed by atoms with Crippen LogP contribution in [0.4, 0.5) is 18.9 Å². The Kier molecular flexibility index (Phi) is 4.08. The van der Waals surface area contributed by atoms with E-state index in [1.807, 2.05) is 34.2 Å². The number of hydrogen-bond acceptors (Lipinski definition) is 2. The first-order valence-electron chi connectivity index (χ1n) is 6.87. The quantitative estimate of drug-likeness (QED) is 0.688. The summed E-state index contributed by atoms with van der Waals surface area (Å²) in [6.07, 6.45) is -1.24. The number of rotatable bonds is 2. The van der Waals surface area contributed by atoms with Gasteiger partial charge < -0.3 is 9.72 Å². The highest BCUT2D eigenvalue weighted by Gasteiger charge is 2.38. The van der Waals surface area contributed by atoms with Crippen LogP contribution < -0.4 is 5.32 Å². The van der Waals surface area contributed by atoms with Crippen molar-refractivity contribution in [3.63, 3.8) is 0 Å². The van der Waals surface area contributed by atoms with E-state index in [2.05, 4.69) is 20.9 Å². The zero-order valence-electron chi connectivity index (χ0n) is 12.4. The number of imidazole rings is 1. The van der Waals surface area contributed by atoms with E-state index < -0.39 is 12.1 Å². The number of benzene rings is 1. The number of pyridine rings is 1. The third-order valence-electron chi connectivity index (χ3n) is 3.44. The van der Waals surface area contributed by atoms with Gasteiger partial charge in [0.1, 0.15) is 5.65 Å². The van der Waals surface area contributed by atoms with Crippen molar-refractivity contribution in [2.75, 3.05) is 5.32 Å². The number of aromatic nitrogens is 2. The second kappa shape index (κ2) is 5.94. The molecule has 0 aliphatic heterocycles. The lowest BCUT2D eigenvalue weighted by atomic mass is 10.1. The first kappa shape index (κ1) is 16.5. The predicted molar refractivity (Wildman–Crippen MR) is 87.7 cm³/mol. The summed E-state index contributed by atoms with van der Waals surface area (Å²) in [7, 11) is 0. The van der Waals surface area contributed by atoms with Crippen molar-refractivity contribution >= 4 is 33.2 Å². The molecular formula is C16H11BrF3N3O. The largest absolute Gasteiger partial charge is 0.471 e. The number of carbonyl (C=O) groups is 1. The standard InChI is InChI=1S/C16H11BrF3N3O/c1-9-6-10(2-4-12(9)22-15(24)16(18,19)20)13-8-23-7-11(17)3-5-14(23)21-13/h2-8H,1H3,(H,22,24). The van der Waals surface area contributed by atoms with Gasteiger partial charge in [-0.15, -0.1) is 0 Å². The van der Waals surface area contributed by atoms with Gasteiger partial charge in [-0.3, -0.25) is 4.79 Å². The van der Waals surface area contributed by atoms with Gasteiger partial charge >= 0.3 is 12.1 Å². The van der Waals surface area contributed by atoms with Gasteiger partial charge in [0.25, 0.3) is 0 Å². The van der Waals surface area contributed by atoms with Gasteiger partial charge in [0.05, 0.1) is 5.69 Å². The van der Waals surface area contributed by atoms with E-state index in [4.69, 9.17) is 0 Å². The molecule has 2 aromatic heterocycles. The number of nitrogens with one attached hydrogen (secondary N) is 1. The van der Waals surface area contributed by atoms with E-state index in [0.717, 1.165) is 15.7 Å². The van der Waals surface area contributed by atoms with E-state index >= 15 is 0 Å². The monoisotopic (exact) mass is 397 g/mol. The number of halogens is 4. The average Bonchev–Trinajstić information content (AvgIpc) is 2.91. The summed E-state index contributed by atoms with van der Waals surface area (Å²) in [5.41, 5.74) is 2.82. The third kappa shape index (κ3) is 3.28. The third-order valence-corrected chi connectivity index (χ3v) is 3.91. The summed E-state index contributed by atoms with van der Waals surface area (Å²) in [5, 5.41) is 1.87. The molecule has 4 nitrogen and oxygen atoms in total. The van der Waals surface area contributed by atoms with E-state index in [-0.39, 0.29) is 5.69 Å². The van der Waals surface area contributed by atoms with Crippen LogP contribution >= 0.6 is 15.9 Å². The topological polar surface area (TPSA) is 46.4 Å². The molecule has 0 aliphatic carbocycles. The molecule has 3 rings (SSSR count). The molecule has 8 heteroatoms. The van der Waals surface area contributed by atoms with Crippen molar-refractivity contribution in [1.29, 1.82) is 0 Å². The highest BCUT2D eigenvalue weighted by atomic mass is 79.9. The predicted octanol–water partition coefficient (Wildman–Crippen LogP) is 4.57.